The van der Waals surface area contributed by atoms with E-state index in [-0.39, 0.29) is 0 Å². The summed E-state index contributed by atoms with van der Waals surface area (Å²) >= 11 is 0. The van der Waals surface area contributed by atoms with Gasteiger partial charge in [-0.25, -0.2) is 0 Å². The summed E-state index contributed by atoms with van der Waals surface area (Å²) in [7, 11) is -0.934. The number of fused-ring (bicyclic) bond motifs is 4. The Morgan fingerprint density at radius 3 is 2.00 bits per heavy atom. The van der Waals surface area contributed by atoms with Crippen molar-refractivity contribution in [2.24, 2.45) is 0 Å². The van der Waals surface area contributed by atoms with Crippen LogP contribution in [0.1, 0.15) is 0 Å². The van der Waals surface area contributed by atoms with E-state index in [4.69, 9.17) is 0 Å². The van der Waals surface area contributed by atoms with E-state index in [1.807, 2.05) is 0 Å². The number of benzene rings is 5. The smallest absolute Gasteiger partial charge is 0.0391 e. The lowest BCUT2D eigenvalue weighted by Crippen LogP contribution is -1.94. The molecule has 5 aromatic carbocycles. The molecule has 0 aromatic heterocycles. The van der Waals surface area contributed by atoms with Gasteiger partial charge in [-0.05, 0) is 88.0 Å². The molecule has 156 valence electrons. The molecule has 1 aliphatic heterocycles. The Balaban J connectivity index is 1.29. The maximum atomic E-state index is 3.61. The third-order valence-corrected chi connectivity index (χ3v) is 9.42. The monoisotopic (exact) mass is 431 g/mol. The quantitative estimate of drug-likeness (QED) is 0.301. The third kappa shape index (κ3) is 3.11. The Bertz CT molecular complexity index is 1460. The maximum absolute atomic E-state index is 3.61. The molecule has 0 aliphatic carbocycles. The van der Waals surface area contributed by atoms with Crippen LogP contribution in [0.5, 0.6) is 0 Å². The largest absolute Gasteiger partial charge is 0.356 e. The fraction of sp³-hybridized carbons (Fsp3) is 0.0667. The molecule has 1 N–H and O–H groups in total. The molecule has 0 fully saturated rings. The van der Waals surface area contributed by atoms with Gasteiger partial charge in [-0.1, -0.05) is 66.7 Å². The van der Waals surface area contributed by atoms with E-state index in [9.17, 15) is 0 Å². The van der Waals surface area contributed by atoms with Gasteiger partial charge in [-0.15, -0.1) is 0 Å². The van der Waals surface area contributed by atoms with Gasteiger partial charge in [0.2, 0.25) is 0 Å². The van der Waals surface area contributed by atoms with Crippen molar-refractivity contribution < 1.29 is 0 Å². The van der Waals surface area contributed by atoms with Crippen molar-refractivity contribution in [1.29, 1.82) is 0 Å². The molecule has 6 rings (SSSR count). The molecule has 2 heteroatoms. The number of anilines is 2. The van der Waals surface area contributed by atoms with Crippen molar-refractivity contribution in [3.63, 3.8) is 0 Å². The SMILES string of the molecule is CS1(C)c2ccccc2-c2cc(Nc3ccc(-c4ccc5ccccc5c4)cc3)ccc21. The second-order valence-corrected chi connectivity index (χ2v) is 12.3. The standard InChI is InChI=1S/C30H25NS/c1-32(2)29-10-6-5-9-27(29)28-20-26(17-18-30(28)32)31-25-15-13-22(14-16-25)24-12-11-21-7-3-4-8-23(21)19-24/h3-20,31H,1-2H3. The van der Waals surface area contributed by atoms with E-state index < -0.39 is 10.0 Å². The molecule has 0 spiro atoms. The topological polar surface area (TPSA) is 12.0 Å². The van der Waals surface area contributed by atoms with E-state index in [1.54, 1.807) is 0 Å². The molecule has 0 radical (unpaired) electrons. The van der Waals surface area contributed by atoms with Gasteiger partial charge in [-0.2, -0.15) is 10.0 Å². The first-order valence-electron chi connectivity index (χ1n) is 10.9. The summed E-state index contributed by atoms with van der Waals surface area (Å²) in [5, 5.41) is 6.16. The zero-order valence-corrected chi connectivity index (χ0v) is 19.1. The summed E-state index contributed by atoms with van der Waals surface area (Å²) in [6.45, 7) is 0. The third-order valence-electron chi connectivity index (χ3n) is 6.51. The molecule has 0 amide bonds. The summed E-state index contributed by atoms with van der Waals surface area (Å²) < 4.78 is 0. The number of hydrogen-bond donors (Lipinski definition) is 1. The number of nitrogens with one attached hydrogen (secondary N) is 1. The predicted octanol–water partition coefficient (Wildman–Crippen LogP) is 8.71. The van der Waals surface area contributed by atoms with E-state index in [0.29, 0.717) is 0 Å². The lowest BCUT2D eigenvalue weighted by Gasteiger charge is -2.28. The molecule has 5 aromatic rings. The van der Waals surface area contributed by atoms with Crippen LogP contribution in [0.25, 0.3) is 33.0 Å². The zero-order chi connectivity index (χ0) is 21.7. The molecule has 0 atom stereocenters. The van der Waals surface area contributed by atoms with Crippen molar-refractivity contribution in [2.45, 2.75) is 9.79 Å². The van der Waals surface area contributed by atoms with Crippen molar-refractivity contribution in [1.82, 2.24) is 0 Å². The van der Waals surface area contributed by atoms with Crippen LogP contribution >= 0.6 is 10.0 Å². The van der Waals surface area contributed by atoms with Gasteiger partial charge in [0.05, 0.1) is 0 Å². The van der Waals surface area contributed by atoms with Crippen LogP contribution in [0.2, 0.25) is 0 Å². The van der Waals surface area contributed by atoms with Crippen LogP contribution < -0.4 is 5.32 Å². The molecule has 32 heavy (non-hydrogen) atoms. The highest BCUT2D eigenvalue weighted by atomic mass is 32.3. The summed E-state index contributed by atoms with van der Waals surface area (Å²) in [4.78, 5) is 2.97. The molecule has 0 unspecified atom stereocenters. The Morgan fingerprint density at radius 2 is 1.16 bits per heavy atom. The normalized spacial score (nSPS) is 14.6. The number of hydrogen-bond acceptors (Lipinski definition) is 1. The lowest BCUT2D eigenvalue weighted by atomic mass is 10.0. The van der Waals surface area contributed by atoms with Crippen molar-refractivity contribution in [2.75, 3.05) is 17.8 Å². The molecule has 0 saturated carbocycles. The summed E-state index contributed by atoms with van der Waals surface area (Å²) in [6.07, 6.45) is 4.80. The fourth-order valence-electron chi connectivity index (χ4n) is 4.80. The zero-order valence-electron chi connectivity index (χ0n) is 18.3. The van der Waals surface area contributed by atoms with Crippen LogP contribution in [-0.2, 0) is 0 Å². The van der Waals surface area contributed by atoms with Crippen LogP contribution in [-0.4, -0.2) is 12.5 Å². The summed E-state index contributed by atoms with van der Waals surface area (Å²) in [5.41, 5.74) is 7.47. The van der Waals surface area contributed by atoms with Gasteiger partial charge in [0, 0.05) is 21.2 Å². The van der Waals surface area contributed by atoms with Crippen molar-refractivity contribution >= 4 is 32.2 Å². The van der Waals surface area contributed by atoms with Crippen molar-refractivity contribution in [3.05, 3.63) is 109 Å². The first-order valence-corrected chi connectivity index (χ1v) is 13.4. The van der Waals surface area contributed by atoms with Crippen LogP contribution in [0.3, 0.4) is 0 Å². The van der Waals surface area contributed by atoms with Gasteiger partial charge in [0.25, 0.3) is 0 Å². The molecule has 1 heterocycles. The van der Waals surface area contributed by atoms with E-state index >= 15 is 0 Å². The van der Waals surface area contributed by atoms with Crippen LogP contribution in [0.15, 0.2) is 119 Å². The number of rotatable bonds is 3. The highest BCUT2D eigenvalue weighted by molar-refractivity contribution is 8.33. The molecule has 1 aliphatic rings. The minimum atomic E-state index is -0.934. The van der Waals surface area contributed by atoms with Crippen molar-refractivity contribution in [3.8, 4) is 22.3 Å². The second-order valence-electron chi connectivity index (χ2n) is 8.80. The van der Waals surface area contributed by atoms with Gasteiger partial charge in [-0.3, -0.25) is 0 Å². The van der Waals surface area contributed by atoms with Crippen LogP contribution in [0.4, 0.5) is 11.4 Å². The van der Waals surface area contributed by atoms with Crippen LogP contribution in [0, 0.1) is 0 Å². The van der Waals surface area contributed by atoms with Gasteiger partial charge in [0.15, 0.2) is 0 Å². The predicted molar refractivity (Wildman–Crippen MR) is 141 cm³/mol. The molecule has 0 bridgehead atoms. The second kappa shape index (κ2) is 7.29. The lowest BCUT2D eigenvalue weighted by molar-refractivity contribution is 1.43. The van der Waals surface area contributed by atoms with E-state index in [1.165, 1.54) is 42.8 Å². The summed E-state index contributed by atoms with van der Waals surface area (Å²) in [5.74, 6) is 0. The van der Waals surface area contributed by atoms with Gasteiger partial charge < -0.3 is 5.32 Å². The van der Waals surface area contributed by atoms with Gasteiger partial charge in [0.1, 0.15) is 0 Å². The summed E-state index contributed by atoms with van der Waals surface area (Å²) in [6, 6.07) is 39.6. The first-order chi connectivity index (χ1) is 15.6. The Kier molecular flexibility index (Phi) is 4.38. The highest BCUT2D eigenvalue weighted by Gasteiger charge is 2.31. The fourth-order valence-corrected chi connectivity index (χ4v) is 7.31. The average Bonchev–Trinajstić information content (AvgIpc) is 3.06. The molecule has 0 saturated heterocycles. The molecule has 1 nitrogen and oxygen atoms in total. The highest BCUT2D eigenvalue weighted by Crippen LogP contribution is 2.67. The average molecular weight is 432 g/mol. The van der Waals surface area contributed by atoms with E-state index in [0.717, 1.165) is 11.4 Å². The Labute approximate surface area is 191 Å². The Morgan fingerprint density at radius 1 is 0.500 bits per heavy atom. The first kappa shape index (κ1) is 19.2. The van der Waals surface area contributed by atoms with E-state index in [2.05, 4.69) is 127 Å². The van der Waals surface area contributed by atoms with Gasteiger partial charge >= 0.3 is 0 Å². The minimum Gasteiger partial charge on any atom is -0.356 e. The minimum absolute atomic E-state index is 0.934. The molecular weight excluding hydrogens is 406 g/mol. The molecular formula is C30H25NS. The maximum Gasteiger partial charge on any atom is 0.0391 e. The Hall–Kier alpha value is -3.49.